The average Bonchev–Trinajstić information content (AvgIpc) is 2.84. The van der Waals surface area contributed by atoms with Crippen LogP contribution in [0.2, 0.25) is 5.02 Å². The quantitative estimate of drug-likeness (QED) is 0.396. The highest BCUT2D eigenvalue weighted by atomic mass is 35.5. The third-order valence-electron chi connectivity index (χ3n) is 5.82. The predicted octanol–water partition coefficient (Wildman–Crippen LogP) is 4.69. The fraction of sp³-hybridized carbons (Fsp3) is 0.269. The van der Waals surface area contributed by atoms with E-state index in [9.17, 15) is 14.3 Å². The van der Waals surface area contributed by atoms with Gasteiger partial charge < -0.3 is 5.11 Å². The second kappa shape index (κ2) is 10.4. The number of hydrogen-bond acceptors (Lipinski definition) is 5. The molecule has 1 atom stereocenters. The van der Waals surface area contributed by atoms with Gasteiger partial charge in [0.2, 0.25) is 0 Å². The lowest BCUT2D eigenvalue weighted by molar-refractivity contribution is 0.169. The first-order valence-electron chi connectivity index (χ1n) is 11.2. The Bertz CT molecular complexity index is 1370. The largest absolute Gasteiger partial charge is 0.386 e. The smallest absolute Gasteiger partial charge is 0.266 e. The van der Waals surface area contributed by atoms with Gasteiger partial charge in [-0.2, -0.15) is 0 Å². The van der Waals surface area contributed by atoms with Crippen LogP contribution in [0.4, 0.5) is 4.39 Å². The second-order valence-electron chi connectivity index (χ2n) is 8.02. The van der Waals surface area contributed by atoms with Gasteiger partial charge in [-0.1, -0.05) is 43.6 Å². The summed E-state index contributed by atoms with van der Waals surface area (Å²) in [5.74, 6) is -0.222. The molecule has 6 nitrogen and oxygen atoms in total. The van der Waals surface area contributed by atoms with Gasteiger partial charge in [-0.05, 0) is 55.6 Å². The van der Waals surface area contributed by atoms with E-state index in [0.29, 0.717) is 34.3 Å². The fourth-order valence-corrected chi connectivity index (χ4v) is 4.17. The van der Waals surface area contributed by atoms with Crippen molar-refractivity contribution >= 4 is 22.5 Å². The summed E-state index contributed by atoms with van der Waals surface area (Å²) >= 11 is 6.39. The van der Waals surface area contributed by atoms with Crippen molar-refractivity contribution in [3.8, 4) is 5.69 Å². The molecule has 176 valence electrons. The minimum atomic E-state index is -1.00. The highest BCUT2D eigenvalue weighted by Crippen LogP contribution is 2.24. The molecule has 0 aliphatic heterocycles. The molecule has 34 heavy (non-hydrogen) atoms. The molecule has 0 aliphatic carbocycles. The first kappa shape index (κ1) is 24.0. The minimum Gasteiger partial charge on any atom is -0.386 e. The zero-order valence-electron chi connectivity index (χ0n) is 19.1. The van der Waals surface area contributed by atoms with Gasteiger partial charge in [0.25, 0.3) is 5.56 Å². The molecule has 1 unspecified atom stereocenters. The molecule has 0 aliphatic rings. The maximum atomic E-state index is 13.9. The molecule has 0 amide bonds. The maximum absolute atomic E-state index is 13.9. The van der Waals surface area contributed by atoms with Crippen molar-refractivity contribution < 1.29 is 9.50 Å². The first-order valence-corrected chi connectivity index (χ1v) is 11.6. The van der Waals surface area contributed by atoms with E-state index < -0.39 is 17.5 Å². The van der Waals surface area contributed by atoms with Gasteiger partial charge in [-0.15, -0.1) is 0 Å². The van der Waals surface area contributed by atoms with Crippen LogP contribution < -0.4 is 5.56 Å². The van der Waals surface area contributed by atoms with Crippen molar-refractivity contribution in [2.24, 2.45) is 0 Å². The predicted molar refractivity (Wildman–Crippen MR) is 132 cm³/mol. The van der Waals surface area contributed by atoms with Gasteiger partial charge in [0.1, 0.15) is 17.7 Å². The van der Waals surface area contributed by atoms with Crippen LogP contribution in [-0.4, -0.2) is 37.6 Å². The van der Waals surface area contributed by atoms with Crippen LogP contribution in [0.15, 0.2) is 65.5 Å². The molecule has 0 bridgehead atoms. The van der Waals surface area contributed by atoms with Crippen molar-refractivity contribution in [2.75, 3.05) is 13.1 Å². The van der Waals surface area contributed by atoms with E-state index in [1.54, 1.807) is 30.3 Å². The number of aliphatic hydroxyl groups is 1. The molecule has 2 heterocycles. The van der Waals surface area contributed by atoms with E-state index in [0.717, 1.165) is 24.8 Å². The Morgan fingerprint density at radius 2 is 1.82 bits per heavy atom. The van der Waals surface area contributed by atoms with Gasteiger partial charge in [-0.3, -0.25) is 19.2 Å². The SMILES string of the molecule is CCN(CC)Cc1cccc(C(O)Cc2nc3ccc(F)cc3c(=O)n2-c2ccccc2Cl)n1. The summed E-state index contributed by atoms with van der Waals surface area (Å²) in [6.45, 7) is 6.66. The Hall–Kier alpha value is -3.13. The summed E-state index contributed by atoms with van der Waals surface area (Å²) in [6.07, 6.45) is -0.981. The number of halogens is 2. The molecule has 8 heteroatoms. The normalized spacial score (nSPS) is 12.4. The molecular formula is C26H26ClFN4O2. The van der Waals surface area contributed by atoms with E-state index in [2.05, 4.69) is 28.7 Å². The summed E-state index contributed by atoms with van der Waals surface area (Å²) in [5.41, 5.74) is 1.65. The number of rotatable bonds is 8. The zero-order chi connectivity index (χ0) is 24.2. The number of fused-ring (bicyclic) bond motifs is 1. The van der Waals surface area contributed by atoms with E-state index in [1.807, 2.05) is 12.1 Å². The summed E-state index contributed by atoms with van der Waals surface area (Å²) < 4.78 is 15.2. The van der Waals surface area contributed by atoms with Gasteiger partial charge >= 0.3 is 0 Å². The number of hydrogen-bond donors (Lipinski definition) is 1. The van der Waals surface area contributed by atoms with Crippen molar-refractivity contribution in [3.63, 3.8) is 0 Å². The molecule has 4 aromatic rings. The van der Waals surface area contributed by atoms with E-state index in [1.165, 1.54) is 16.7 Å². The van der Waals surface area contributed by atoms with Gasteiger partial charge in [0.05, 0.1) is 33.0 Å². The van der Waals surface area contributed by atoms with Crippen molar-refractivity contribution in [3.05, 3.63) is 99.1 Å². The fourth-order valence-electron chi connectivity index (χ4n) is 3.95. The van der Waals surface area contributed by atoms with Crippen LogP contribution in [0, 0.1) is 5.82 Å². The minimum absolute atomic E-state index is 0.0233. The van der Waals surface area contributed by atoms with Gasteiger partial charge in [0.15, 0.2) is 0 Å². The van der Waals surface area contributed by atoms with Crippen molar-refractivity contribution in [1.82, 2.24) is 19.4 Å². The molecule has 0 saturated heterocycles. The first-order chi connectivity index (χ1) is 16.4. The number of nitrogens with zero attached hydrogens (tertiary/aromatic N) is 4. The molecular weight excluding hydrogens is 455 g/mol. The maximum Gasteiger partial charge on any atom is 0.266 e. The Kier molecular flexibility index (Phi) is 7.36. The number of pyridine rings is 1. The van der Waals surface area contributed by atoms with Gasteiger partial charge in [0, 0.05) is 13.0 Å². The lowest BCUT2D eigenvalue weighted by Gasteiger charge is -2.19. The van der Waals surface area contributed by atoms with Crippen LogP contribution in [0.1, 0.15) is 37.2 Å². The second-order valence-corrected chi connectivity index (χ2v) is 8.42. The third kappa shape index (κ3) is 5.01. The van der Waals surface area contributed by atoms with E-state index in [-0.39, 0.29) is 11.8 Å². The monoisotopic (exact) mass is 480 g/mol. The lowest BCUT2D eigenvalue weighted by atomic mass is 10.1. The average molecular weight is 481 g/mol. The van der Waals surface area contributed by atoms with Crippen LogP contribution >= 0.6 is 11.6 Å². The molecule has 2 aromatic heterocycles. The Labute approximate surface area is 202 Å². The highest BCUT2D eigenvalue weighted by Gasteiger charge is 2.20. The number of aliphatic hydroxyl groups excluding tert-OH is 1. The van der Waals surface area contributed by atoms with E-state index >= 15 is 0 Å². The highest BCUT2D eigenvalue weighted by molar-refractivity contribution is 6.32. The van der Waals surface area contributed by atoms with Crippen molar-refractivity contribution in [1.29, 1.82) is 0 Å². The third-order valence-corrected chi connectivity index (χ3v) is 6.14. The van der Waals surface area contributed by atoms with E-state index in [4.69, 9.17) is 11.6 Å². The molecule has 2 aromatic carbocycles. The van der Waals surface area contributed by atoms with Crippen LogP contribution in [-0.2, 0) is 13.0 Å². The Morgan fingerprint density at radius 3 is 2.56 bits per heavy atom. The number of aromatic nitrogens is 3. The lowest BCUT2D eigenvalue weighted by Crippen LogP contribution is -2.26. The molecule has 1 N–H and O–H groups in total. The van der Waals surface area contributed by atoms with Gasteiger partial charge in [-0.25, -0.2) is 9.37 Å². The summed E-state index contributed by atoms with van der Waals surface area (Å²) in [5, 5.41) is 11.6. The summed E-state index contributed by atoms with van der Waals surface area (Å²) in [7, 11) is 0. The Morgan fingerprint density at radius 1 is 1.06 bits per heavy atom. The molecule has 0 radical (unpaired) electrons. The van der Waals surface area contributed by atoms with Crippen LogP contribution in [0.5, 0.6) is 0 Å². The van der Waals surface area contributed by atoms with Crippen LogP contribution in [0.3, 0.4) is 0 Å². The molecule has 4 rings (SSSR count). The standard InChI is InChI=1S/C26H26ClFN4O2/c1-3-31(4-2)16-18-8-7-10-22(29-18)24(33)15-25-30-21-13-12-17(28)14-19(21)26(34)32(25)23-11-6-5-9-20(23)27/h5-14,24,33H,3-4,15-16H2,1-2H3. The van der Waals surface area contributed by atoms with Crippen molar-refractivity contribution in [2.45, 2.75) is 32.9 Å². The summed E-state index contributed by atoms with van der Waals surface area (Å²) in [4.78, 5) is 24.9. The number of benzene rings is 2. The molecule has 0 fully saturated rings. The van der Waals surface area contributed by atoms with Crippen LogP contribution in [0.25, 0.3) is 16.6 Å². The molecule has 0 spiro atoms. The zero-order valence-corrected chi connectivity index (χ0v) is 19.8. The topological polar surface area (TPSA) is 71.2 Å². The number of para-hydroxylation sites is 1. The Balaban J connectivity index is 1.77. The summed E-state index contributed by atoms with van der Waals surface area (Å²) in [6, 6.07) is 16.3. The molecule has 0 saturated carbocycles.